The number of fused-ring (bicyclic) bond motifs is 1. The maximum absolute atomic E-state index is 12.8. The topological polar surface area (TPSA) is 50.4 Å². The minimum absolute atomic E-state index is 0.0222. The van der Waals surface area contributed by atoms with Gasteiger partial charge in [-0.05, 0) is 79.1 Å². The number of aliphatic hydroxyl groups is 1. The molecule has 1 heterocycles. The number of rotatable bonds is 6. The summed E-state index contributed by atoms with van der Waals surface area (Å²) in [7, 11) is 0. The minimum atomic E-state index is -0.694. The SMILES string of the molecule is C=c1ccc(-c2cc(=O)c3cc(C)cc(CC)c3o2)c/c1=C/C(C)C(C)CC(C)(C)O. The summed E-state index contributed by atoms with van der Waals surface area (Å²) >= 11 is 0. The van der Waals surface area contributed by atoms with Crippen LogP contribution in [0.1, 0.15) is 52.2 Å². The Kier molecular flexibility index (Phi) is 6.56. The van der Waals surface area contributed by atoms with Crippen molar-refractivity contribution >= 4 is 23.6 Å². The van der Waals surface area contributed by atoms with Gasteiger partial charge in [-0.2, -0.15) is 0 Å². The maximum Gasteiger partial charge on any atom is 0.193 e. The fourth-order valence-corrected chi connectivity index (χ4v) is 4.22. The molecule has 3 rings (SSSR count). The van der Waals surface area contributed by atoms with Crippen molar-refractivity contribution in [2.45, 2.75) is 60.0 Å². The molecule has 0 bridgehead atoms. The highest BCUT2D eigenvalue weighted by Crippen LogP contribution is 2.26. The summed E-state index contributed by atoms with van der Waals surface area (Å²) in [6.45, 7) is 16.3. The van der Waals surface area contributed by atoms with Gasteiger partial charge in [-0.3, -0.25) is 4.79 Å². The lowest BCUT2D eigenvalue weighted by Gasteiger charge is -2.25. The van der Waals surface area contributed by atoms with E-state index in [2.05, 4.69) is 39.5 Å². The van der Waals surface area contributed by atoms with Crippen LogP contribution in [0.3, 0.4) is 0 Å². The van der Waals surface area contributed by atoms with Gasteiger partial charge in [0.2, 0.25) is 0 Å². The second kappa shape index (κ2) is 8.84. The first-order chi connectivity index (χ1) is 14.5. The predicted molar refractivity (Wildman–Crippen MR) is 131 cm³/mol. The minimum Gasteiger partial charge on any atom is -0.456 e. The highest BCUT2D eigenvalue weighted by atomic mass is 16.3. The third-order valence-electron chi connectivity index (χ3n) is 6.02. The van der Waals surface area contributed by atoms with E-state index in [0.29, 0.717) is 22.6 Å². The highest BCUT2D eigenvalue weighted by Gasteiger charge is 2.20. The fourth-order valence-electron chi connectivity index (χ4n) is 4.22. The summed E-state index contributed by atoms with van der Waals surface area (Å²) in [5.41, 5.74) is 2.93. The summed E-state index contributed by atoms with van der Waals surface area (Å²) in [5, 5.41) is 12.7. The molecule has 0 amide bonds. The first kappa shape index (κ1) is 23.0. The van der Waals surface area contributed by atoms with E-state index < -0.39 is 5.60 Å². The van der Waals surface area contributed by atoms with E-state index >= 15 is 0 Å². The maximum atomic E-state index is 12.8. The molecule has 3 nitrogen and oxygen atoms in total. The molecule has 2 aromatic carbocycles. The molecular weight excluding hydrogens is 384 g/mol. The molecule has 1 aromatic heterocycles. The number of aryl methyl sites for hydroxylation is 2. The fraction of sp³-hybridized carbons (Fsp3) is 0.393. The van der Waals surface area contributed by atoms with Crippen molar-refractivity contribution in [3.8, 4) is 11.3 Å². The van der Waals surface area contributed by atoms with Gasteiger partial charge in [0.15, 0.2) is 5.43 Å². The van der Waals surface area contributed by atoms with Gasteiger partial charge in [0.05, 0.1) is 11.0 Å². The van der Waals surface area contributed by atoms with Crippen LogP contribution in [0.4, 0.5) is 0 Å². The Hall–Kier alpha value is -2.65. The zero-order chi connectivity index (χ0) is 22.9. The Balaban J connectivity index is 2.09. The van der Waals surface area contributed by atoms with Crippen LogP contribution >= 0.6 is 0 Å². The van der Waals surface area contributed by atoms with Gasteiger partial charge in [0.1, 0.15) is 11.3 Å². The van der Waals surface area contributed by atoms with E-state index in [1.54, 1.807) is 6.07 Å². The number of hydrogen-bond donors (Lipinski definition) is 1. The van der Waals surface area contributed by atoms with E-state index in [1.165, 1.54) is 0 Å². The van der Waals surface area contributed by atoms with E-state index in [4.69, 9.17) is 4.42 Å². The van der Waals surface area contributed by atoms with Crippen LogP contribution in [0.5, 0.6) is 0 Å². The van der Waals surface area contributed by atoms with Gasteiger partial charge in [0.25, 0.3) is 0 Å². The summed E-state index contributed by atoms with van der Waals surface area (Å²) in [4.78, 5) is 12.8. The number of hydrogen-bond acceptors (Lipinski definition) is 3. The van der Waals surface area contributed by atoms with Crippen molar-refractivity contribution in [3.05, 3.63) is 68.2 Å². The lowest BCUT2D eigenvalue weighted by Crippen LogP contribution is -2.28. The van der Waals surface area contributed by atoms with Crippen LogP contribution in [-0.4, -0.2) is 10.7 Å². The Bertz CT molecular complexity index is 1260. The molecule has 3 aromatic rings. The van der Waals surface area contributed by atoms with Crippen molar-refractivity contribution in [1.82, 2.24) is 0 Å². The third-order valence-corrected chi connectivity index (χ3v) is 6.02. The molecule has 2 atom stereocenters. The zero-order valence-corrected chi connectivity index (χ0v) is 19.6. The van der Waals surface area contributed by atoms with E-state index in [9.17, 15) is 9.90 Å². The van der Waals surface area contributed by atoms with Gasteiger partial charge >= 0.3 is 0 Å². The number of benzene rings is 2. The molecule has 0 aliphatic carbocycles. The third kappa shape index (κ3) is 5.34. The second-order valence-electron chi connectivity index (χ2n) is 9.56. The van der Waals surface area contributed by atoms with Crippen molar-refractivity contribution in [1.29, 1.82) is 0 Å². The standard InChI is InChI=1S/C28H34O3/c1-8-21-11-17(2)12-24-25(29)15-26(31-27(21)24)22-10-9-18(3)23(14-22)13-19(4)20(5)16-28(6,7)30/h9-15,19-20,30H,3,8,16H2,1-2,4-7H3/b23-13-. The first-order valence-electron chi connectivity index (χ1n) is 11.1. The van der Waals surface area contributed by atoms with Crippen LogP contribution < -0.4 is 15.9 Å². The molecule has 3 heteroatoms. The molecule has 164 valence electrons. The van der Waals surface area contributed by atoms with Crippen molar-refractivity contribution < 1.29 is 9.52 Å². The van der Waals surface area contributed by atoms with Gasteiger partial charge in [-0.15, -0.1) is 0 Å². The summed E-state index contributed by atoms with van der Waals surface area (Å²) < 4.78 is 6.25. The van der Waals surface area contributed by atoms with Crippen molar-refractivity contribution in [2.75, 3.05) is 0 Å². The molecule has 0 aliphatic heterocycles. The summed E-state index contributed by atoms with van der Waals surface area (Å²) in [6, 6.07) is 11.5. The molecule has 0 saturated heterocycles. The van der Waals surface area contributed by atoms with Crippen LogP contribution in [-0.2, 0) is 6.42 Å². The van der Waals surface area contributed by atoms with Crippen LogP contribution in [0.25, 0.3) is 34.9 Å². The van der Waals surface area contributed by atoms with E-state index in [0.717, 1.165) is 40.0 Å². The zero-order valence-electron chi connectivity index (χ0n) is 19.6. The van der Waals surface area contributed by atoms with Gasteiger partial charge in [-0.25, -0.2) is 0 Å². The van der Waals surface area contributed by atoms with E-state index in [1.807, 2.05) is 45.0 Å². The smallest absolute Gasteiger partial charge is 0.193 e. The predicted octanol–water partition coefficient (Wildman–Crippen LogP) is 4.95. The van der Waals surface area contributed by atoms with Crippen LogP contribution in [0, 0.1) is 18.8 Å². The molecular formula is C28H34O3. The van der Waals surface area contributed by atoms with Gasteiger partial charge in [-0.1, -0.05) is 51.6 Å². The first-order valence-corrected chi connectivity index (χ1v) is 11.1. The highest BCUT2D eigenvalue weighted by molar-refractivity contribution is 5.82. The van der Waals surface area contributed by atoms with Gasteiger partial charge < -0.3 is 9.52 Å². The average Bonchev–Trinajstić information content (AvgIpc) is 2.68. The second-order valence-corrected chi connectivity index (χ2v) is 9.56. The van der Waals surface area contributed by atoms with Crippen LogP contribution in [0.15, 0.2) is 45.6 Å². The van der Waals surface area contributed by atoms with E-state index in [-0.39, 0.29) is 11.3 Å². The molecule has 0 saturated carbocycles. The van der Waals surface area contributed by atoms with Crippen molar-refractivity contribution in [3.63, 3.8) is 0 Å². The van der Waals surface area contributed by atoms with Crippen LogP contribution in [0.2, 0.25) is 0 Å². The molecule has 0 fully saturated rings. The molecule has 1 N–H and O–H groups in total. The molecule has 0 spiro atoms. The quantitative estimate of drug-likeness (QED) is 0.616. The molecule has 0 radical (unpaired) electrons. The van der Waals surface area contributed by atoms with Gasteiger partial charge in [0, 0.05) is 11.6 Å². The Morgan fingerprint density at radius 3 is 2.52 bits per heavy atom. The Morgan fingerprint density at radius 1 is 1.16 bits per heavy atom. The lowest BCUT2D eigenvalue weighted by atomic mass is 9.85. The molecule has 2 unspecified atom stereocenters. The van der Waals surface area contributed by atoms with Crippen molar-refractivity contribution in [2.24, 2.45) is 11.8 Å². The summed E-state index contributed by atoms with van der Waals surface area (Å²) in [6.07, 6.45) is 3.72. The largest absolute Gasteiger partial charge is 0.456 e. The Labute approximate surface area is 184 Å². The average molecular weight is 419 g/mol. The summed E-state index contributed by atoms with van der Waals surface area (Å²) in [5.74, 6) is 1.15. The molecule has 0 aliphatic rings. The Morgan fingerprint density at radius 2 is 1.87 bits per heavy atom. The monoisotopic (exact) mass is 418 g/mol. The molecule has 31 heavy (non-hydrogen) atoms. The lowest BCUT2D eigenvalue weighted by molar-refractivity contribution is 0.0507. The normalized spacial score (nSPS) is 14.7.